The second-order valence-corrected chi connectivity index (χ2v) is 3.82. The molecule has 1 aromatic rings. The van der Waals surface area contributed by atoms with Crippen molar-refractivity contribution in [3.8, 4) is 0 Å². The number of nitrogens with one attached hydrogen (secondary N) is 1. The minimum Gasteiger partial charge on any atom is -0.309 e. The van der Waals surface area contributed by atoms with Gasteiger partial charge in [-0.1, -0.05) is 11.3 Å². The quantitative estimate of drug-likeness (QED) is 0.562. The summed E-state index contributed by atoms with van der Waals surface area (Å²) in [4.78, 5) is 11.1. The van der Waals surface area contributed by atoms with Gasteiger partial charge in [0, 0.05) is 17.0 Å². The van der Waals surface area contributed by atoms with Crippen LogP contribution in [0.15, 0.2) is 12.1 Å². The Bertz CT molecular complexity index is 306. The van der Waals surface area contributed by atoms with Crippen LogP contribution in [0.3, 0.4) is 0 Å². The van der Waals surface area contributed by atoms with Crippen LogP contribution in [0.25, 0.3) is 0 Å². The largest absolute Gasteiger partial charge is 0.324 e. The van der Waals surface area contributed by atoms with Crippen LogP contribution in [0, 0.1) is 10.1 Å². The van der Waals surface area contributed by atoms with Crippen molar-refractivity contribution in [2.45, 2.75) is 12.5 Å². The predicted octanol–water partition coefficient (Wildman–Crippen LogP) is 1.69. The minimum absolute atomic E-state index is 0.235. The van der Waals surface area contributed by atoms with Crippen LogP contribution in [0.2, 0.25) is 0 Å². The first-order valence-corrected chi connectivity index (χ1v) is 4.56. The predicted molar refractivity (Wildman–Crippen MR) is 46.3 cm³/mol. The molecule has 1 aliphatic heterocycles. The van der Waals surface area contributed by atoms with E-state index in [1.54, 1.807) is 6.07 Å². The Labute approximate surface area is 73.4 Å². The molecule has 1 atom stereocenters. The van der Waals surface area contributed by atoms with Crippen LogP contribution in [-0.2, 0) is 0 Å². The maximum atomic E-state index is 10.3. The Morgan fingerprint density at radius 1 is 1.67 bits per heavy atom. The lowest BCUT2D eigenvalue weighted by atomic mass is 10.1. The first-order valence-electron chi connectivity index (χ1n) is 3.75. The van der Waals surface area contributed by atoms with Gasteiger partial charge in [-0.25, -0.2) is 0 Å². The van der Waals surface area contributed by atoms with Gasteiger partial charge in [0.2, 0.25) is 0 Å². The molecule has 0 radical (unpaired) electrons. The maximum Gasteiger partial charge on any atom is 0.324 e. The molecule has 1 aliphatic rings. The SMILES string of the molecule is O=[N+]([O-])c1ccc(C2CCN2)s1. The molecule has 0 bridgehead atoms. The van der Waals surface area contributed by atoms with Crippen molar-refractivity contribution >= 4 is 16.3 Å². The molecule has 12 heavy (non-hydrogen) atoms. The van der Waals surface area contributed by atoms with E-state index >= 15 is 0 Å². The van der Waals surface area contributed by atoms with Crippen molar-refractivity contribution in [1.82, 2.24) is 5.32 Å². The summed E-state index contributed by atoms with van der Waals surface area (Å²) >= 11 is 1.26. The van der Waals surface area contributed by atoms with E-state index in [2.05, 4.69) is 5.32 Å². The summed E-state index contributed by atoms with van der Waals surface area (Å²) in [5, 5.41) is 13.8. The summed E-state index contributed by atoms with van der Waals surface area (Å²) in [5.74, 6) is 0. The highest BCUT2D eigenvalue weighted by Crippen LogP contribution is 2.32. The fourth-order valence-corrected chi connectivity index (χ4v) is 2.09. The van der Waals surface area contributed by atoms with E-state index in [9.17, 15) is 10.1 Å². The summed E-state index contributed by atoms with van der Waals surface area (Å²) in [6, 6.07) is 3.77. The fourth-order valence-electron chi connectivity index (χ4n) is 1.16. The average Bonchev–Trinajstić information content (AvgIpc) is 2.32. The van der Waals surface area contributed by atoms with Gasteiger partial charge in [0.25, 0.3) is 0 Å². The van der Waals surface area contributed by atoms with E-state index in [0.717, 1.165) is 17.8 Å². The fraction of sp³-hybridized carbons (Fsp3) is 0.429. The third kappa shape index (κ3) is 1.21. The summed E-state index contributed by atoms with van der Waals surface area (Å²) in [5.41, 5.74) is 0. The zero-order valence-electron chi connectivity index (χ0n) is 6.32. The van der Waals surface area contributed by atoms with E-state index in [1.165, 1.54) is 11.3 Å². The molecule has 5 heteroatoms. The second kappa shape index (κ2) is 2.84. The molecule has 1 aromatic heterocycles. The Hall–Kier alpha value is -0.940. The first-order chi connectivity index (χ1) is 5.77. The Morgan fingerprint density at radius 2 is 2.42 bits per heavy atom. The van der Waals surface area contributed by atoms with E-state index < -0.39 is 0 Å². The second-order valence-electron chi connectivity index (χ2n) is 2.73. The monoisotopic (exact) mass is 184 g/mol. The van der Waals surface area contributed by atoms with Gasteiger partial charge in [-0.15, -0.1) is 0 Å². The topological polar surface area (TPSA) is 55.2 Å². The maximum absolute atomic E-state index is 10.3. The molecule has 1 N–H and O–H groups in total. The van der Waals surface area contributed by atoms with Crippen molar-refractivity contribution in [3.63, 3.8) is 0 Å². The number of hydrogen-bond donors (Lipinski definition) is 1. The summed E-state index contributed by atoms with van der Waals surface area (Å²) in [7, 11) is 0. The Morgan fingerprint density at radius 3 is 2.83 bits per heavy atom. The zero-order valence-corrected chi connectivity index (χ0v) is 7.13. The number of rotatable bonds is 2. The van der Waals surface area contributed by atoms with Gasteiger partial charge in [-0.05, 0) is 19.0 Å². The van der Waals surface area contributed by atoms with Crippen molar-refractivity contribution < 1.29 is 4.92 Å². The van der Waals surface area contributed by atoms with Gasteiger partial charge >= 0.3 is 5.00 Å². The minimum atomic E-state index is -0.340. The van der Waals surface area contributed by atoms with Gasteiger partial charge < -0.3 is 5.32 Å². The Kier molecular flexibility index (Phi) is 1.82. The first kappa shape index (κ1) is 7.70. The highest BCUT2D eigenvalue weighted by molar-refractivity contribution is 7.15. The van der Waals surface area contributed by atoms with Crippen molar-refractivity contribution in [1.29, 1.82) is 0 Å². The van der Waals surface area contributed by atoms with Gasteiger partial charge in [-0.3, -0.25) is 10.1 Å². The van der Waals surface area contributed by atoms with E-state index in [0.29, 0.717) is 6.04 Å². The molecule has 1 fully saturated rings. The lowest BCUT2D eigenvalue weighted by Crippen LogP contribution is -2.34. The van der Waals surface area contributed by atoms with Crippen LogP contribution in [0.4, 0.5) is 5.00 Å². The summed E-state index contributed by atoms with van der Waals surface area (Å²) in [6.07, 6.45) is 1.09. The third-order valence-electron chi connectivity index (χ3n) is 1.96. The molecule has 64 valence electrons. The van der Waals surface area contributed by atoms with Gasteiger partial charge in [0.1, 0.15) is 0 Å². The summed E-state index contributed by atoms with van der Waals surface area (Å²) in [6.45, 7) is 1.02. The lowest BCUT2D eigenvalue weighted by Gasteiger charge is -2.25. The van der Waals surface area contributed by atoms with Crippen LogP contribution >= 0.6 is 11.3 Å². The molecule has 1 saturated heterocycles. The molecule has 0 aromatic carbocycles. The highest BCUT2D eigenvalue weighted by atomic mass is 32.1. The summed E-state index contributed by atoms with van der Waals surface area (Å²) < 4.78 is 0. The van der Waals surface area contributed by atoms with Crippen LogP contribution in [-0.4, -0.2) is 11.5 Å². The van der Waals surface area contributed by atoms with E-state index in [-0.39, 0.29) is 9.92 Å². The standard InChI is InChI=1S/C7H8N2O2S/c10-9(11)7-2-1-6(12-7)5-3-4-8-5/h1-2,5,8H,3-4H2. The average molecular weight is 184 g/mol. The molecular formula is C7H8N2O2S. The normalized spacial score (nSPS) is 21.8. The van der Waals surface area contributed by atoms with Gasteiger partial charge in [0.05, 0.1) is 4.92 Å². The van der Waals surface area contributed by atoms with Crippen molar-refractivity contribution in [3.05, 3.63) is 27.1 Å². The van der Waals surface area contributed by atoms with Crippen LogP contribution in [0.1, 0.15) is 17.3 Å². The molecular weight excluding hydrogens is 176 g/mol. The lowest BCUT2D eigenvalue weighted by molar-refractivity contribution is -0.380. The molecule has 0 amide bonds. The molecule has 0 saturated carbocycles. The van der Waals surface area contributed by atoms with Gasteiger partial charge in [0.15, 0.2) is 0 Å². The third-order valence-corrected chi connectivity index (χ3v) is 3.11. The van der Waals surface area contributed by atoms with E-state index in [4.69, 9.17) is 0 Å². The molecule has 4 nitrogen and oxygen atoms in total. The highest BCUT2D eigenvalue weighted by Gasteiger charge is 2.22. The van der Waals surface area contributed by atoms with Crippen LogP contribution < -0.4 is 5.32 Å². The number of thiophene rings is 1. The van der Waals surface area contributed by atoms with Crippen molar-refractivity contribution in [2.75, 3.05) is 6.54 Å². The van der Waals surface area contributed by atoms with Crippen LogP contribution in [0.5, 0.6) is 0 Å². The Balaban J connectivity index is 2.17. The molecule has 2 rings (SSSR count). The molecule has 2 heterocycles. The van der Waals surface area contributed by atoms with Gasteiger partial charge in [-0.2, -0.15) is 0 Å². The molecule has 1 unspecified atom stereocenters. The smallest absolute Gasteiger partial charge is 0.309 e. The number of nitro groups is 1. The number of hydrogen-bond acceptors (Lipinski definition) is 4. The van der Waals surface area contributed by atoms with E-state index in [1.807, 2.05) is 6.07 Å². The molecule has 0 spiro atoms. The number of nitrogens with zero attached hydrogens (tertiary/aromatic N) is 1. The zero-order chi connectivity index (χ0) is 8.55. The molecule has 0 aliphatic carbocycles. The van der Waals surface area contributed by atoms with Crippen molar-refractivity contribution in [2.24, 2.45) is 0 Å².